The van der Waals surface area contributed by atoms with Gasteiger partial charge in [-0.3, -0.25) is 19.2 Å². The van der Waals surface area contributed by atoms with Crippen LogP contribution < -0.4 is 10.6 Å². The van der Waals surface area contributed by atoms with Gasteiger partial charge in [0.2, 0.25) is 11.8 Å². The molecule has 2 atom stereocenters. The third-order valence-corrected chi connectivity index (χ3v) is 5.94. The minimum atomic E-state index is -0.196. The number of nitrogens with one attached hydrogen (secondary N) is 2. The topological polar surface area (TPSA) is 79.3 Å². The highest BCUT2D eigenvalue weighted by molar-refractivity contribution is 5.77. The Hall–Kier alpha value is -1.89. The van der Waals surface area contributed by atoms with Gasteiger partial charge in [-0.25, -0.2) is 0 Å². The monoisotopic (exact) mass is 403 g/mol. The van der Waals surface area contributed by atoms with E-state index < -0.39 is 0 Å². The summed E-state index contributed by atoms with van der Waals surface area (Å²) in [7, 11) is 1.90. The van der Waals surface area contributed by atoms with E-state index in [1.807, 2.05) is 38.6 Å². The number of hydrogen-bond acceptors (Lipinski definition) is 4. The third kappa shape index (κ3) is 6.84. The van der Waals surface area contributed by atoms with Gasteiger partial charge in [0, 0.05) is 62.5 Å². The minimum absolute atomic E-state index is 0.0893. The van der Waals surface area contributed by atoms with Gasteiger partial charge in [0.15, 0.2) is 0 Å². The summed E-state index contributed by atoms with van der Waals surface area (Å²) in [5, 5.41) is 10.4. The first-order valence-electron chi connectivity index (χ1n) is 11.0. The van der Waals surface area contributed by atoms with Gasteiger partial charge < -0.3 is 10.6 Å². The van der Waals surface area contributed by atoms with Crippen molar-refractivity contribution >= 4 is 11.8 Å². The molecule has 1 aliphatic carbocycles. The summed E-state index contributed by atoms with van der Waals surface area (Å²) in [5.74, 6) is 0.986. The van der Waals surface area contributed by atoms with E-state index in [2.05, 4.69) is 20.6 Å². The van der Waals surface area contributed by atoms with Crippen molar-refractivity contribution in [2.24, 2.45) is 13.0 Å². The molecule has 2 heterocycles. The van der Waals surface area contributed by atoms with Crippen LogP contribution in [0.5, 0.6) is 0 Å². The first-order valence-corrected chi connectivity index (χ1v) is 11.0. The van der Waals surface area contributed by atoms with E-state index in [-0.39, 0.29) is 23.4 Å². The SMILES string of the molecule is Cn1nccc1CCC(=O)NC[C@@H]1CC[C@H](CC(=O)NC(C)(C)C)N1CC1CC1. The molecule has 2 aliphatic rings. The fourth-order valence-electron chi connectivity index (χ4n) is 4.24. The van der Waals surface area contributed by atoms with Crippen molar-refractivity contribution in [3.63, 3.8) is 0 Å². The van der Waals surface area contributed by atoms with E-state index in [9.17, 15) is 9.59 Å². The quantitative estimate of drug-likeness (QED) is 0.661. The van der Waals surface area contributed by atoms with Crippen LogP contribution in [0, 0.1) is 5.92 Å². The molecule has 2 N–H and O–H groups in total. The summed E-state index contributed by atoms with van der Waals surface area (Å²) in [5.41, 5.74) is 0.874. The predicted octanol–water partition coefficient (Wildman–Crippen LogP) is 2.02. The summed E-state index contributed by atoms with van der Waals surface area (Å²) in [6, 6.07) is 2.58. The molecule has 7 nitrogen and oxygen atoms in total. The maximum Gasteiger partial charge on any atom is 0.221 e. The molecule has 2 fully saturated rings. The molecule has 1 aromatic rings. The number of nitrogens with zero attached hydrogens (tertiary/aromatic N) is 3. The van der Waals surface area contributed by atoms with E-state index in [1.54, 1.807) is 6.20 Å². The lowest BCUT2D eigenvalue weighted by Crippen LogP contribution is -2.47. The molecule has 0 bridgehead atoms. The molecule has 29 heavy (non-hydrogen) atoms. The number of aryl methyl sites for hydroxylation is 2. The Bertz CT molecular complexity index is 704. The standard InChI is InChI=1S/C22H37N5O2/c1-22(2,3)25-21(29)13-18-7-8-19(27(18)15-16-5-6-16)14-23-20(28)10-9-17-11-12-24-26(17)4/h11-12,16,18-19H,5-10,13-15H2,1-4H3,(H,23,28)(H,25,29)/t18-,19+/m1/s1. The largest absolute Gasteiger partial charge is 0.355 e. The van der Waals surface area contributed by atoms with Gasteiger partial charge in [0.1, 0.15) is 0 Å². The number of hydrogen-bond donors (Lipinski definition) is 2. The molecule has 0 aromatic carbocycles. The van der Waals surface area contributed by atoms with Gasteiger partial charge in [-0.2, -0.15) is 5.10 Å². The van der Waals surface area contributed by atoms with Crippen LogP contribution in [0.15, 0.2) is 12.3 Å². The lowest BCUT2D eigenvalue weighted by molar-refractivity contribution is -0.124. The molecule has 3 rings (SSSR count). The van der Waals surface area contributed by atoms with Gasteiger partial charge in [-0.1, -0.05) is 0 Å². The summed E-state index contributed by atoms with van der Waals surface area (Å²) >= 11 is 0. The van der Waals surface area contributed by atoms with Gasteiger partial charge in [-0.05, 0) is 64.9 Å². The van der Waals surface area contributed by atoms with Crippen LogP contribution in [-0.2, 0) is 23.1 Å². The molecule has 1 saturated carbocycles. The van der Waals surface area contributed by atoms with Gasteiger partial charge in [0.05, 0.1) is 0 Å². The Balaban J connectivity index is 1.48. The highest BCUT2D eigenvalue weighted by atomic mass is 16.2. The highest BCUT2D eigenvalue weighted by Gasteiger charge is 2.38. The molecule has 1 saturated heterocycles. The highest BCUT2D eigenvalue weighted by Crippen LogP contribution is 2.35. The van der Waals surface area contributed by atoms with Gasteiger partial charge in [-0.15, -0.1) is 0 Å². The molecule has 1 aliphatic heterocycles. The van der Waals surface area contributed by atoms with Crippen molar-refractivity contribution < 1.29 is 9.59 Å². The second-order valence-corrected chi connectivity index (χ2v) is 9.78. The number of amides is 2. The molecule has 1 aromatic heterocycles. The zero-order valence-electron chi connectivity index (χ0n) is 18.4. The predicted molar refractivity (Wildman–Crippen MR) is 113 cm³/mol. The number of aromatic nitrogens is 2. The summed E-state index contributed by atoms with van der Waals surface area (Å²) in [6.45, 7) is 7.79. The zero-order valence-corrected chi connectivity index (χ0v) is 18.4. The normalized spacial score (nSPS) is 22.6. The number of carbonyl (C=O) groups is 2. The summed E-state index contributed by atoms with van der Waals surface area (Å²) in [6.07, 6.45) is 8.15. The Labute approximate surface area is 174 Å². The van der Waals surface area contributed by atoms with Crippen LogP contribution in [0.3, 0.4) is 0 Å². The van der Waals surface area contributed by atoms with Crippen LogP contribution in [0.4, 0.5) is 0 Å². The smallest absolute Gasteiger partial charge is 0.221 e. The second kappa shape index (κ2) is 9.28. The van der Waals surface area contributed by atoms with E-state index in [1.165, 1.54) is 12.8 Å². The Morgan fingerprint density at radius 1 is 1.14 bits per heavy atom. The first kappa shape index (κ1) is 21.8. The van der Waals surface area contributed by atoms with E-state index >= 15 is 0 Å². The van der Waals surface area contributed by atoms with Crippen LogP contribution >= 0.6 is 0 Å². The van der Waals surface area contributed by atoms with E-state index in [4.69, 9.17) is 0 Å². The van der Waals surface area contributed by atoms with E-state index in [0.29, 0.717) is 31.8 Å². The fraction of sp³-hybridized carbons (Fsp3) is 0.773. The maximum atomic E-state index is 12.4. The summed E-state index contributed by atoms with van der Waals surface area (Å²) < 4.78 is 1.81. The lowest BCUT2D eigenvalue weighted by Gasteiger charge is -2.31. The molecule has 0 spiro atoms. The van der Waals surface area contributed by atoms with Gasteiger partial charge in [0.25, 0.3) is 0 Å². The summed E-state index contributed by atoms with van der Waals surface area (Å²) in [4.78, 5) is 27.3. The Morgan fingerprint density at radius 2 is 1.86 bits per heavy atom. The molecular weight excluding hydrogens is 366 g/mol. The average molecular weight is 404 g/mol. The minimum Gasteiger partial charge on any atom is -0.355 e. The molecule has 7 heteroatoms. The maximum absolute atomic E-state index is 12.4. The second-order valence-electron chi connectivity index (χ2n) is 9.78. The Morgan fingerprint density at radius 3 is 2.48 bits per heavy atom. The molecule has 2 amide bonds. The van der Waals surface area contributed by atoms with E-state index in [0.717, 1.165) is 31.0 Å². The van der Waals surface area contributed by atoms with Crippen molar-refractivity contribution in [2.45, 2.75) is 83.3 Å². The zero-order chi connectivity index (χ0) is 21.0. The molecule has 162 valence electrons. The lowest BCUT2D eigenvalue weighted by atomic mass is 10.1. The number of likely N-dealkylation sites (tertiary alicyclic amines) is 1. The van der Waals surface area contributed by atoms with Crippen LogP contribution in [0.2, 0.25) is 0 Å². The number of carbonyl (C=O) groups excluding carboxylic acids is 2. The molecule has 0 radical (unpaired) electrons. The van der Waals surface area contributed by atoms with Crippen LogP contribution in [0.25, 0.3) is 0 Å². The van der Waals surface area contributed by atoms with Crippen molar-refractivity contribution in [2.75, 3.05) is 13.1 Å². The Kier molecular flexibility index (Phi) is 6.98. The van der Waals surface area contributed by atoms with Crippen molar-refractivity contribution in [3.8, 4) is 0 Å². The van der Waals surface area contributed by atoms with Crippen LogP contribution in [0.1, 0.15) is 65.0 Å². The third-order valence-electron chi connectivity index (χ3n) is 5.94. The number of rotatable bonds is 9. The van der Waals surface area contributed by atoms with Gasteiger partial charge >= 0.3 is 0 Å². The van der Waals surface area contributed by atoms with Crippen LogP contribution in [-0.4, -0.2) is 57.2 Å². The first-order chi connectivity index (χ1) is 13.7. The molecular formula is C22H37N5O2. The fourth-order valence-corrected chi connectivity index (χ4v) is 4.24. The van der Waals surface area contributed by atoms with Crippen molar-refractivity contribution in [1.82, 2.24) is 25.3 Å². The van der Waals surface area contributed by atoms with Crippen molar-refractivity contribution in [1.29, 1.82) is 0 Å². The molecule has 0 unspecified atom stereocenters. The average Bonchev–Trinajstić information content (AvgIpc) is 3.24. The van der Waals surface area contributed by atoms with Crippen molar-refractivity contribution in [3.05, 3.63) is 18.0 Å².